The first kappa shape index (κ1) is 22.4. The van der Waals surface area contributed by atoms with Crippen LogP contribution in [0, 0.1) is 0 Å². The number of ether oxygens (including phenoxy) is 1. The van der Waals surface area contributed by atoms with E-state index in [-0.39, 0.29) is 25.6 Å². The van der Waals surface area contributed by atoms with Gasteiger partial charge in [0.1, 0.15) is 6.04 Å². The highest BCUT2D eigenvalue weighted by Gasteiger charge is 2.44. The third-order valence-electron chi connectivity index (χ3n) is 5.02. The summed E-state index contributed by atoms with van der Waals surface area (Å²) in [5.41, 5.74) is 1.64. The quantitative estimate of drug-likeness (QED) is 0.444. The molecule has 1 aromatic heterocycles. The normalized spacial score (nSPS) is 18.5. The first-order valence-corrected chi connectivity index (χ1v) is 10.5. The third kappa shape index (κ3) is 6.11. The molecule has 1 fully saturated rings. The molecule has 0 bridgehead atoms. The Morgan fingerprint density at radius 1 is 1.16 bits per heavy atom. The number of nitrogens with zero attached hydrogens (tertiary/aromatic N) is 2. The Balaban J connectivity index is 1.74. The average Bonchev–Trinajstić information content (AvgIpc) is 2.79. The highest BCUT2D eigenvalue weighted by molar-refractivity contribution is 6.10. The summed E-state index contributed by atoms with van der Waals surface area (Å²) in [5.74, 6) is -1.39. The molecule has 0 spiro atoms. The van der Waals surface area contributed by atoms with Crippen molar-refractivity contribution in [3.8, 4) is 0 Å². The van der Waals surface area contributed by atoms with E-state index in [4.69, 9.17) is 4.74 Å². The first-order chi connectivity index (χ1) is 15.1. The number of aromatic nitrogens is 1. The largest absolute Gasteiger partial charge is 0.379 e. The maximum absolute atomic E-state index is 13.2. The zero-order valence-electron chi connectivity index (χ0n) is 17.6. The van der Waals surface area contributed by atoms with E-state index in [1.165, 1.54) is 4.90 Å². The molecule has 31 heavy (non-hydrogen) atoms. The van der Waals surface area contributed by atoms with Gasteiger partial charge in [-0.25, -0.2) is 0 Å². The average molecular weight is 425 g/mol. The van der Waals surface area contributed by atoms with E-state index >= 15 is 0 Å². The summed E-state index contributed by atoms with van der Waals surface area (Å²) in [4.78, 5) is 44.3. The van der Waals surface area contributed by atoms with Gasteiger partial charge in [-0.2, -0.15) is 0 Å². The lowest BCUT2D eigenvalue weighted by Crippen LogP contribution is -2.67. The molecule has 8 heteroatoms. The second-order valence-corrected chi connectivity index (χ2v) is 7.42. The molecule has 3 rings (SSSR count). The molecule has 3 amide bonds. The van der Waals surface area contributed by atoms with Gasteiger partial charge in [-0.1, -0.05) is 49.7 Å². The molecule has 1 aliphatic rings. The smallest absolute Gasteiger partial charge is 0.253 e. The molecular formula is C23H28N4O4. The standard InChI is InChI=1S/C23H28N4O4/c1-2-3-12-31-16-19-23(30)27(15-18-10-7-11-24-13-18)20(22(29)26-19)21(28)25-14-17-8-5-4-6-9-17/h4-11,13,19-20H,2-3,12,14-16H2,1H3,(H,25,28)(H,26,29)/t19-,20?/m0/s1. The van der Waals surface area contributed by atoms with Crippen LogP contribution in [0.3, 0.4) is 0 Å². The molecule has 0 aliphatic carbocycles. The summed E-state index contributed by atoms with van der Waals surface area (Å²) < 4.78 is 5.56. The van der Waals surface area contributed by atoms with Crippen molar-refractivity contribution >= 4 is 17.7 Å². The fourth-order valence-corrected chi connectivity index (χ4v) is 3.34. The van der Waals surface area contributed by atoms with Gasteiger partial charge in [-0.15, -0.1) is 0 Å². The van der Waals surface area contributed by atoms with Crippen molar-refractivity contribution in [3.63, 3.8) is 0 Å². The van der Waals surface area contributed by atoms with E-state index in [0.29, 0.717) is 6.61 Å². The van der Waals surface area contributed by atoms with Crippen molar-refractivity contribution in [2.24, 2.45) is 0 Å². The van der Waals surface area contributed by atoms with E-state index in [0.717, 1.165) is 24.0 Å². The fourth-order valence-electron chi connectivity index (χ4n) is 3.34. The lowest BCUT2D eigenvalue weighted by molar-refractivity contribution is -0.156. The maximum Gasteiger partial charge on any atom is 0.253 e. The molecule has 8 nitrogen and oxygen atoms in total. The number of nitrogens with one attached hydrogen (secondary N) is 2. The number of pyridine rings is 1. The monoisotopic (exact) mass is 424 g/mol. The predicted octanol–water partition coefficient (Wildman–Crippen LogP) is 1.41. The van der Waals surface area contributed by atoms with Crippen LogP contribution >= 0.6 is 0 Å². The molecule has 1 aromatic carbocycles. The van der Waals surface area contributed by atoms with Crippen LogP contribution in [0.5, 0.6) is 0 Å². The van der Waals surface area contributed by atoms with Crippen LogP contribution in [0.1, 0.15) is 30.9 Å². The van der Waals surface area contributed by atoms with Gasteiger partial charge in [0.15, 0.2) is 6.04 Å². The number of carbonyl (C=O) groups excluding carboxylic acids is 3. The van der Waals surface area contributed by atoms with Crippen molar-refractivity contribution in [2.45, 2.75) is 44.9 Å². The number of hydrogen-bond donors (Lipinski definition) is 2. The molecule has 2 atom stereocenters. The maximum atomic E-state index is 13.2. The van der Waals surface area contributed by atoms with E-state index in [2.05, 4.69) is 15.6 Å². The van der Waals surface area contributed by atoms with Crippen molar-refractivity contribution in [2.75, 3.05) is 13.2 Å². The highest BCUT2D eigenvalue weighted by Crippen LogP contribution is 2.16. The Morgan fingerprint density at radius 3 is 2.65 bits per heavy atom. The van der Waals surface area contributed by atoms with Crippen molar-refractivity contribution < 1.29 is 19.1 Å². The number of unbranched alkanes of at least 4 members (excludes halogenated alkanes) is 1. The van der Waals surface area contributed by atoms with Crippen LogP contribution in [-0.4, -0.2) is 52.9 Å². The molecule has 2 aromatic rings. The third-order valence-corrected chi connectivity index (χ3v) is 5.02. The number of rotatable bonds is 10. The summed E-state index contributed by atoms with van der Waals surface area (Å²) in [6.07, 6.45) is 5.09. The molecule has 0 saturated carbocycles. The molecular weight excluding hydrogens is 396 g/mol. The van der Waals surface area contributed by atoms with Crippen LogP contribution < -0.4 is 10.6 Å². The summed E-state index contributed by atoms with van der Waals surface area (Å²) >= 11 is 0. The predicted molar refractivity (Wildman–Crippen MR) is 115 cm³/mol. The van der Waals surface area contributed by atoms with Crippen LogP contribution in [0.2, 0.25) is 0 Å². The summed E-state index contributed by atoms with van der Waals surface area (Å²) in [6.45, 7) is 3.01. The zero-order valence-corrected chi connectivity index (χ0v) is 17.6. The molecule has 1 unspecified atom stereocenters. The van der Waals surface area contributed by atoms with Gasteiger partial charge < -0.3 is 20.3 Å². The Hall–Kier alpha value is -3.26. The SMILES string of the molecule is CCCCOC[C@@H]1NC(=O)C(C(=O)NCc2ccccc2)N(Cc2cccnc2)C1=O. The zero-order chi connectivity index (χ0) is 22.1. The Kier molecular flexibility index (Phi) is 8.12. The second kappa shape index (κ2) is 11.2. The van der Waals surface area contributed by atoms with Gasteiger partial charge in [-0.3, -0.25) is 19.4 Å². The van der Waals surface area contributed by atoms with E-state index in [9.17, 15) is 14.4 Å². The molecule has 2 N–H and O–H groups in total. The minimum Gasteiger partial charge on any atom is -0.379 e. The minimum absolute atomic E-state index is 0.0759. The molecule has 2 heterocycles. The van der Waals surface area contributed by atoms with Crippen molar-refractivity contribution in [3.05, 3.63) is 66.0 Å². The summed E-state index contributed by atoms with van der Waals surface area (Å²) in [6, 6.07) is 10.9. The lowest BCUT2D eigenvalue weighted by atomic mass is 10.1. The number of amides is 3. The first-order valence-electron chi connectivity index (χ1n) is 10.5. The van der Waals surface area contributed by atoms with Gasteiger partial charge in [0.05, 0.1) is 6.61 Å². The van der Waals surface area contributed by atoms with Crippen LogP contribution in [0.25, 0.3) is 0 Å². The molecule has 0 radical (unpaired) electrons. The van der Waals surface area contributed by atoms with Crippen LogP contribution in [-0.2, 0) is 32.2 Å². The topological polar surface area (TPSA) is 101 Å². The van der Waals surface area contributed by atoms with Gasteiger partial charge in [0.25, 0.3) is 11.8 Å². The Labute approximate surface area is 182 Å². The van der Waals surface area contributed by atoms with E-state index in [1.807, 2.05) is 37.3 Å². The molecule has 164 valence electrons. The van der Waals surface area contributed by atoms with E-state index < -0.39 is 23.9 Å². The van der Waals surface area contributed by atoms with Gasteiger partial charge in [0.2, 0.25) is 5.91 Å². The molecule has 1 saturated heterocycles. The van der Waals surface area contributed by atoms with Gasteiger partial charge in [0, 0.05) is 32.1 Å². The Bertz CT molecular complexity index is 876. The Morgan fingerprint density at radius 2 is 1.94 bits per heavy atom. The van der Waals surface area contributed by atoms with Crippen LogP contribution in [0.15, 0.2) is 54.9 Å². The number of benzene rings is 1. The second-order valence-electron chi connectivity index (χ2n) is 7.42. The highest BCUT2D eigenvalue weighted by atomic mass is 16.5. The summed E-state index contributed by atoms with van der Waals surface area (Å²) in [5, 5.41) is 5.43. The van der Waals surface area contributed by atoms with Crippen LogP contribution in [0.4, 0.5) is 0 Å². The number of hydrogen-bond acceptors (Lipinski definition) is 5. The fraction of sp³-hybridized carbons (Fsp3) is 0.391. The lowest BCUT2D eigenvalue weighted by Gasteiger charge is -2.38. The summed E-state index contributed by atoms with van der Waals surface area (Å²) in [7, 11) is 0. The number of carbonyl (C=O) groups is 3. The molecule has 1 aliphatic heterocycles. The van der Waals surface area contributed by atoms with Gasteiger partial charge in [-0.05, 0) is 23.6 Å². The van der Waals surface area contributed by atoms with Crippen molar-refractivity contribution in [1.29, 1.82) is 0 Å². The minimum atomic E-state index is -1.26. The number of piperazine rings is 1. The van der Waals surface area contributed by atoms with Crippen molar-refractivity contribution in [1.82, 2.24) is 20.5 Å². The van der Waals surface area contributed by atoms with E-state index in [1.54, 1.807) is 24.5 Å². The van der Waals surface area contributed by atoms with Gasteiger partial charge >= 0.3 is 0 Å².